The van der Waals surface area contributed by atoms with E-state index in [4.69, 9.17) is 19.1 Å². The van der Waals surface area contributed by atoms with Crippen LogP contribution in [0.3, 0.4) is 0 Å². The molecule has 2 heterocycles. The molecule has 0 aliphatic rings. The predicted octanol–water partition coefficient (Wildman–Crippen LogP) is 5.92. The fraction of sp³-hybridized carbons (Fsp3) is 0.167. The first-order valence-corrected chi connectivity index (χ1v) is 12.4. The first kappa shape index (κ1) is 24.8. The molecule has 0 radical (unpaired) electrons. The second kappa shape index (κ2) is 11.5. The van der Waals surface area contributed by atoms with Crippen molar-refractivity contribution < 1.29 is 18.8 Å². The van der Waals surface area contributed by atoms with E-state index >= 15 is 0 Å². The number of methoxy groups -OCH3 is 1. The number of para-hydroxylation sites is 1. The van der Waals surface area contributed by atoms with Gasteiger partial charge in [-0.1, -0.05) is 42.4 Å². The first-order chi connectivity index (χ1) is 18.6. The molecule has 0 aliphatic heterocycles. The summed E-state index contributed by atoms with van der Waals surface area (Å²) in [5.41, 5.74) is 4.44. The Morgan fingerprint density at radius 2 is 1.76 bits per heavy atom. The van der Waals surface area contributed by atoms with Gasteiger partial charge in [-0.2, -0.15) is 5.10 Å². The fourth-order valence-electron chi connectivity index (χ4n) is 3.99. The number of ether oxygens (including phenoxy) is 2. The van der Waals surface area contributed by atoms with Crippen molar-refractivity contribution in [2.45, 2.75) is 19.9 Å². The molecule has 0 bridgehead atoms. The minimum Gasteiger partial charge on any atom is -0.497 e. The van der Waals surface area contributed by atoms with Crippen molar-refractivity contribution in [2.75, 3.05) is 13.7 Å². The molecular weight excluding hydrogens is 480 g/mol. The summed E-state index contributed by atoms with van der Waals surface area (Å²) in [6.07, 6.45) is 2.85. The van der Waals surface area contributed by atoms with Crippen LogP contribution in [0.5, 0.6) is 11.5 Å². The molecule has 0 aliphatic carbocycles. The third-order valence-electron chi connectivity index (χ3n) is 5.95. The lowest BCUT2D eigenvalue weighted by Gasteiger charge is -2.07. The van der Waals surface area contributed by atoms with Crippen molar-refractivity contribution in [3.05, 3.63) is 102 Å². The molecule has 0 unspecified atom stereocenters. The summed E-state index contributed by atoms with van der Waals surface area (Å²) in [4.78, 5) is 13.0. The molecule has 0 saturated heterocycles. The number of amides is 1. The molecule has 5 rings (SSSR count). The van der Waals surface area contributed by atoms with Gasteiger partial charge in [0.2, 0.25) is 0 Å². The van der Waals surface area contributed by atoms with Crippen LogP contribution in [0, 0.1) is 0 Å². The molecule has 38 heavy (non-hydrogen) atoms. The van der Waals surface area contributed by atoms with Crippen LogP contribution in [0.4, 0.5) is 0 Å². The molecule has 0 fully saturated rings. The number of nitrogens with one attached hydrogen (secondary N) is 1. The Bertz CT molecular complexity index is 1510. The molecule has 192 valence electrons. The summed E-state index contributed by atoms with van der Waals surface area (Å²) in [5.74, 6) is 1.68. The van der Waals surface area contributed by atoms with Crippen molar-refractivity contribution in [3.63, 3.8) is 0 Å². The molecule has 0 spiro atoms. The predicted molar refractivity (Wildman–Crippen MR) is 144 cm³/mol. The average molecular weight is 509 g/mol. The molecule has 3 aromatic carbocycles. The maximum atomic E-state index is 13.0. The Morgan fingerprint density at radius 1 is 0.947 bits per heavy atom. The average Bonchev–Trinajstić information content (AvgIpc) is 3.64. The summed E-state index contributed by atoms with van der Waals surface area (Å²) < 4.78 is 18.2. The summed E-state index contributed by atoms with van der Waals surface area (Å²) in [6.45, 7) is 2.97. The lowest BCUT2D eigenvalue weighted by atomic mass is 10.1. The number of benzene rings is 3. The number of nitrogens with zero attached hydrogens (tertiary/aromatic N) is 3. The zero-order valence-corrected chi connectivity index (χ0v) is 21.3. The smallest absolute Gasteiger partial charge is 0.273 e. The minimum atomic E-state index is -0.341. The first-order valence-electron chi connectivity index (χ1n) is 12.4. The Morgan fingerprint density at radius 3 is 2.53 bits per heavy atom. The highest BCUT2D eigenvalue weighted by atomic mass is 16.5. The van der Waals surface area contributed by atoms with E-state index in [-0.39, 0.29) is 18.1 Å². The number of hydrogen-bond acceptors (Lipinski definition) is 6. The van der Waals surface area contributed by atoms with Crippen LogP contribution in [0.25, 0.3) is 28.3 Å². The molecule has 0 atom stereocenters. The van der Waals surface area contributed by atoms with E-state index in [2.05, 4.69) is 17.4 Å². The second-order valence-corrected chi connectivity index (χ2v) is 8.65. The summed E-state index contributed by atoms with van der Waals surface area (Å²) >= 11 is 0. The Kier molecular flexibility index (Phi) is 7.49. The van der Waals surface area contributed by atoms with Gasteiger partial charge >= 0.3 is 0 Å². The van der Waals surface area contributed by atoms with Crippen LogP contribution < -0.4 is 14.8 Å². The number of aromatic nitrogens is 3. The van der Waals surface area contributed by atoms with Crippen LogP contribution in [0.15, 0.2) is 95.6 Å². The highest BCUT2D eigenvalue weighted by Gasteiger charge is 2.17. The largest absolute Gasteiger partial charge is 0.497 e. The van der Waals surface area contributed by atoms with Gasteiger partial charge in [0.15, 0.2) is 11.5 Å². The van der Waals surface area contributed by atoms with Crippen LogP contribution in [-0.2, 0) is 6.54 Å². The molecule has 2 aromatic heterocycles. The van der Waals surface area contributed by atoms with Gasteiger partial charge in [0.1, 0.15) is 11.5 Å². The van der Waals surface area contributed by atoms with Gasteiger partial charge in [0.05, 0.1) is 25.1 Å². The summed E-state index contributed by atoms with van der Waals surface area (Å²) in [6, 6.07) is 26.7. The van der Waals surface area contributed by atoms with Gasteiger partial charge in [-0.25, -0.2) is 4.68 Å². The molecule has 8 heteroatoms. The van der Waals surface area contributed by atoms with Gasteiger partial charge in [-0.15, -0.1) is 0 Å². The third kappa shape index (κ3) is 5.59. The number of carbonyl (C=O) groups excluding carboxylic acids is 1. The van der Waals surface area contributed by atoms with Crippen molar-refractivity contribution in [2.24, 2.45) is 0 Å². The molecule has 8 nitrogen and oxygen atoms in total. The molecule has 0 saturated carbocycles. The third-order valence-corrected chi connectivity index (χ3v) is 5.95. The standard InChI is InChI=1S/C30H28N4O4/c1-3-16-37-26-11-7-8-22(17-26)29-23(20-34(32-29)24-9-5-4-6-10-24)19-31-30(35)27-18-28(38-33-27)21-12-14-25(36-2)15-13-21/h4-15,17-18,20H,3,16,19H2,1-2H3,(H,31,35). The van der Waals surface area contributed by atoms with Crippen molar-refractivity contribution in [1.29, 1.82) is 0 Å². The lowest BCUT2D eigenvalue weighted by molar-refractivity contribution is 0.0942. The second-order valence-electron chi connectivity index (χ2n) is 8.65. The molecule has 1 N–H and O–H groups in total. The van der Waals surface area contributed by atoms with Gasteiger partial charge in [0.25, 0.3) is 5.91 Å². The van der Waals surface area contributed by atoms with Gasteiger partial charge in [-0.3, -0.25) is 4.79 Å². The Balaban J connectivity index is 1.37. The number of carbonyl (C=O) groups is 1. The maximum absolute atomic E-state index is 13.0. The topological polar surface area (TPSA) is 91.4 Å². The van der Waals surface area contributed by atoms with E-state index in [1.54, 1.807) is 13.2 Å². The van der Waals surface area contributed by atoms with Crippen molar-refractivity contribution >= 4 is 5.91 Å². The molecule has 5 aromatic rings. The van der Waals surface area contributed by atoms with E-state index in [0.29, 0.717) is 12.4 Å². The van der Waals surface area contributed by atoms with E-state index in [9.17, 15) is 4.79 Å². The van der Waals surface area contributed by atoms with E-state index in [1.165, 1.54) is 0 Å². The Hall–Kier alpha value is -4.85. The highest BCUT2D eigenvalue weighted by molar-refractivity contribution is 5.93. The van der Waals surface area contributed by atoms with Crippen LogP contribution in [-0.4, -0.2) is 34.6 Å². The van der Waals surface area contributed by atoms with Crippen molar-refractivity contribution in [1.82, 2.24) is 20.3 Å². The van der Waals surface area contributed by atoms with Crippen LogP contribution >= 0.6 is 0 Å². The SMILES string of the molecule is CCCOc1cccc(-c2nn(-c3ccccc3)cc2CNC(=O)c2cc(-c3ccc(OC)cc3)on2)c1. The number of hydrogen-bond donors (Lipinski definition) is 1. The summed E-state index contributed by atoms with van der Waals surface area (Å²) in [7, 11) is 1.61. The van der Waals surface area contributed by atoms with Gasteiger partial charge in [-0.05, 0) is 55.0 Å². The van der Waals surface area contributed by atoms with Crippen molar-refractivity contribution in [3.8, 4) is 39.8 Å². The zero-order chi connectivity index (χ0) is 26.3. The normalized spacial score (nSPS) is 10.8. The van der Waals surface area contributed by atoms with E-state index in [1.807, 2.05) is 89.7 Å². The van der Waals surface area contributed by atoms with Crippen LogP contribution in [0.2, 0.25) is 0 Å². The fourth-order valence-corrected chi connectivity index (χ4v) is 3.99. The van der Waals surface area contributed by atoms with Gasteiger partial charge < -0.3 is 19.3 Å². The highest BCUT2D eigenvalue weighted by Crippen LogP contribution is 2.28. The van der Waals surface area contributed by atoms with E-state index < -0.39 is 0 Å². The van der Waals surface area contributed by atoms with Gasteiger partial charge in [0, 0.05) is 35.5 Å². The lowest BCUT2D eigenvalue weighted by Crippen LogP contribution is -2.23. The quantitative estimate of drug-likeness (QED) is 0.252. The number of rotatable bonds is 10. The molecule has 1 amide bonds. The van der Waals surface area contributed by atoms with E-state index in [0.717, 1.165) is 46.0 Å². The minimum absolute atomic E-state index is 0.197. The Labute approximate surface area is 220 Å². The maximum Gasteiger partial charge on any atom is 0.273 e. The zero-order valence-electron chi connectivity index (χ0n) is 21.3. The monoisotopic (exact) mass is 508 g/mol. The molecular formula is C30H28N4O4. The summed E-state index contributed by atoms with van der Waals surface area (Å²) in [5, 5.41) is 11.8. The van der Waals surface area contributed by atoms with Crippen LogP contribution in [0.1, 0.15) is 29.4 Å².